The molecule has 0 aromatic carbocycles. The van der Waals surface area contributed by atoms with Crippen LogP contribution in [0.4, 0.5) is 5.82 Å². The lowest BCUT2D eigenvalue weighted by Crippen LogP contribution is -2.38. The van der Waals surface area contributed by atoms with Crippen LogP contribution in [0.1, 0.15) is 12.0 Å². The van der Waals surface area contributed by atoms with Gasteiger partial charge >= 0.3 is 0 Å². The minimum absolute atomic E-state index is 0.554. The summed E-state index contributed by atoms with van der Waals surface area (Å²) in [6, 6.07) is 2.04. The van der Waals surface area contributed by atoms with E-state index >= 15 is 0 Å². The maximum atomic E-state index is 5.65. The number of hydrogen-bond acceptors (Lipinski definition) is 3. The first-order valence-electron chi connectivity index (χ1n) is 4.40. The summed E-state index contributed by atoms with van der Waals surface area (Å²) in [6.45, 7) is 2.78. The molecule has 1 aliphatic heterocycles. The fourth-order valence-corrected chi connectivity index (χ4v) is 1.82. The third kappa shape index (κ3) is 1.69. The highest BCUT2D eigenvalue weighted by Gasteiger charge is 2.18. The average Bonchev–Trinajstić information content (AvgIpc) is 2.05. The number of anilines is 1. The van der Waals surface area contributed by atoms with Crippen molar-refractivity contribution >= 4 is 21.7 Å². The van der Waals surface area contributed by atoms with Gasteiger partial charge < -0.3 is 10.6 Å². The zero-order chi connectivity index (χ0) is 9.26. The Morgan fingerprint density at radius 2 is 2.31 bits per heavy atom. The van der Waals surface area contributed by atoms with Gasteiger partial charge in [-0.3, -0.25) is 0 Å². The van der Waals surface area contributed by atoms with E-state index in [2.05, 4.69) is 25.8 Å². The van der Waals surface area contributed by atoms with Gasteiger partial charge in [-0.05, 0) is 28.4 Å². The highest BCUT2D eigenvalue weighted by molar-refractivity contribution is 9.10. The normalized spacial score (nSPS) is 15.7. The molecular weight excluding hydrogens is 230 g/mol. The molecule has 1 aromatic rings. The molecule has 0 unspecified atom stereocenters. The molecule has 1 aromatic heterocycles. The van der Waals surface area contributed by atoms with Crippen molar-refractivity contribution in [3.05, 3.63) is 22.3 Å². The van der Waals surface area contributed by atoms with Crippen molar-refractivity contribution < 1.29 is 0 Å². The van der Waals surface area contributed by atoms with Gasteiger partial charge in [-0.1, -0.05) is 0 Å². The molecule has 2 rings (SSSR count). The molecule has 0 bridgehead atoms. The minimum atomic E-state index is 0.554. The van der Waals surface area contributed by atoms with Crippen LogP contribution < -0.4 is 10.6 Å². The van der Waals surface area contributed by atoms with E-state index in [9.17, 15) is 0 Å². The number of nitrogens with zero attached hydrogens (tertiary/aromatic N) is 2. The van der Waals surface area contributed by atoms with Crippen molar-refractivity contribution in [2.24, 2.45) is 5.73 Å². The average molecular weight is 242 g/mol. The van der Waals surface area contributed by atoms with Crippen LogP contribution >= 0.6 is 15.9 Å². The van der Waals surface area contributed by atoms with Crippen LogP contribution in [0, 0.1) is 0 Å². The smallest absolute Gasteiger partial charge is 0.133 e. The van der Waals surface area contributed by atoms with Crippen LogP contribution in [-0.2, 0) is 6.54 Å². The molecule has 0 aliphatic carbocycles. The zero-order valence-electron chi connectivity index (χ0n) is 7.33. The van der Waals surface area contributed by atoms with Crippen LogP contribution in [0.3, 0.4) is 0 Å². The standard InChI is InChI=1S/C9H12BrN3/c10-8-4-7(5-11)9(12-6-8)13-2-1-3-13/h4,6H,1-3,5,11H2. The summed E-state index contributed by atoms with van der Waals surface area (Å²) in [6.07, 6.45) is 3.09. The number of nitrogens with two attached hydrogens (primary N) is 1. The van der Waals surface area contributed by atoms with E-state index in [0.29, 0.717) is 6.54 Å². The number of aromatic nitrogens is 1. The quantitative estimate of drug-likeness (QED) is 0.854. The van der Waals surface area contributed by atoms with Gasteiger partial charge in [0.2, 0.25) is 0 Å². The van der Waals surface area contributed by atoms with Crippen molar-refractivity contribution in [3.63, 3.8) is 0 Å². The van der Waals surface area contributed by atoms with Crippen LogP contribution in [0.15, 0.2) is 16.7 Å². The van der Waals surface area contributed by atoms with Crippen molar-refractivity contribution in [1.82, 2.24) is 4.98 Å². The summed E-state index contributed by atoms with van der Waals surface area (Å²) in [5.74, 6) is 1.05. The first-order chi connectivity index (χ1) is 6.31. The second-order valence-electron chi connectivity index (χ2n) is 3.18. The lowest BCUT2D eigenvalue weighted by Gasteiger charge is -2.33. The molecule has 0 amide bonds. The minimum Gasteiger partial charge on any atom is -0.356 e. The second kappa shape index (κ2) is 3.64. The van der Waals surface area contributed by atoms with E-state index in [-0.39, 0.29) is 0 Å². The molecule has 4 heteroatoms. The number of rotatable bonds is 2. The SMILES string of the molecule is NCc1cc(Br)cnc1N1CCC1. The molecule has 13 heavy (non-hydrogen) atoms. The number of hydrogen-bond donors (Lipinski definition) is 1. The van der Waals surface area contributed by atoms with Gasteiger partial charge in [0.15, 0.2) is 0 Å². The van der Waals surface area contributed by atoms with Crippen molar-refractivity contribution in [1.29, 1.82) is 0 Å². The van der Waals surface area contributed by atoms with E-state index in [1.165, 1.54) is 6.42 Å². The Kier molecular flexibility index (Phi) is 2.51. The van der Waals surface area contributed by atoms with Gasteiger partial charge in [-0.15, -0.1) is 0 Å². The summed E-state index contributed by atoms with van der Waals surface area (Å²) in [5, 5.41) is 0. The summed E-state index contributed by atoms with van der Waals surface area (Å²) in [5.41, 5.74) is 6.77. The Bertz CT molecular complexity index is 310. The van der Waals surface area contributed by atoms with Gasteiger partial charge in [0, 0.05) is 35.9 Å². The molecule has 2 heterocycles. The van der Waals surface area contributed by atoms with Gasteiger partial charge in [-0.25, -0.2) is 4.98 Å². The first kappa shape index (κ1) is 8.97. The van der Waals surface area contributed by atoms with Gasteiger partial charge in [0.25, 0.3) is 0 Å². The van der Waals surface area contributed by atoms with Crippen LogP contribution in [0.5, 0.6) is 0 Å². The Labute approximate surface area is 86.1 Å². The molecule has 0 saturated carbocycles. The molecule has 2 N–H and O–H groups in total. The third-order valence-electron chi connectivity index (χ3n) is 2.29. The van der Waals surface area contributed by atoms with Crippen molar-refractivity contribution in [2.75, 3.05) is 18.0 Å². The highest BCUT2D eigenvalue weighted by Crippen LogP contribution is 2.24. The summed E-state index contributed by atoms with van der Waals surface area (Å²) >= 11 is 3.39. The van der Waals surface area contributed by atoms with Crippen LogP contribution in [0.2, 0.25) is 0 Å². The largest absolute Gasteiger partial charge is 0.356 e. The topological polar surface area (TPSA) is 42.1 Å². The molecule has 70 valence electrons. The highest BCUT2D eigenvalue weighted by atomic mass is 79.9. The van der Waals surface area contributed by atoms with Crippen molar-refractivity contribution in [3.8, 4) is 0 Å². The number of halogens is 1. The van der Waals surface area contributed by atoms with E-state index in [1.54, 1.807) is 0 Å². The van der Waals surface area contributed by atoms with E-state index in [4.69, 9.17) is 5.73 Å². The van der Waals surface area contributed by atoms with Gasteiger partial charge in [0.05, 0.1) is 0 Å². The predicted octanol–water partition coefficient (Wildman–Crippen LogP) is 1.51. The molecule has 0 spiro atoms. The monoisotopic (exact) mass is 241 g/mol. The zero-order valence-corrected chi connectivity index (χ0v) is 8.92. The van der Waals surface area contributed by atoms with E-state index in [0.717, 1.165) is 28.9 Å². The maximum absolute atomic E-state index is 5.65. The Balaban J connectivity index is 2.32. The fraction of sp³-hybridized carbons (Fsp3) is 0.444. The Morgan fingerprint density at radius 3 is 2.85 bits per heavy atom. The summed E-state index contributed by atoms with van der Waals surface area (Å²) in [7, 11) is 0. The predicted molar refractivity (Wildman–Crippen MR) is 56.7 cm³/mol. The van der Waals surface area contributed by atoms with Gasteiger partial charge in [-0.2, -0.15) is 0 Å². The van der Waals surface area contributed by atoms with E-state index < -0.39 is 0 Å². The molecule has 1 fully saturated rings. The summed E-state index contributed by atoms with van der Waals surface area (Å²) in [4.78, 5) is 6.63. The first-order valence-corrected chi connectivity index (χ1v) is 5.20. The molecule has 3 nitrogen and oxygen atoms in total. The summed E-state index contributed by atoms with van der Waals surface area (Å²) < 4.78 is 0.997. The van der Waals surface area contributed by atoms with Crippen LogP contribution in [-0.4, -0.2) is 18.1 Å². The van der Waals surface area contributed by atoms with Crippen LogP contribution in [0.25, 0.3) is 0 Å². The molecule has 1 saturated heterocycles. The lowest BCUT2D eigenvalue weighted by molar-refractivity contribution is 0.606. The molecule has 0 atom stereocenters. The lowest BCUT2D eigenvalue weighted by atomic mass is 10.1. The molecular formula is C9H12BrN3. The molecule has 0 radical (unpaired) electrons. The Hall–Kier alpha value is -0.610. The van der Waals surface area contributed by atoms with Gasteiger partial charge in [0.1, 0.15) is 5.82 Å². The number of pyridine rings is 1. The molecule has 1 aliphatic rings. The second-order valence-corrected chi connectivity index (χ2v) is 4.10. The third-order valence-corrected chi connectivity index (χ3v) is 2.72. The maximum Gasteiger partial charge on any atom is 0.133 e. The van der Waals surface area contributed by atoms with Crippen molar-refractivity contribution in [2.45, 2.75) is 13.0 Å². The Morgan fingerprint density at radius 1 is 1.54 bits per heavy atom. The van der Waals surface area contributed by atoms with E-state index in [1.807, 2.05) is 12.3 Å². The fourth-order valence-electron chi connectivity index (χ4n) is 1.44.